The second-order valence-electron chi connectivity index (χ2n) is 5.07. The van der Waals surface area contributed by atoms with E-state index in [1.807, 2.05) is 48.5 Å². The van der Waals surface area contributed by atoms with Crippen LogP contribution in [0.3, 0.4) is 0 Å². The van der Waals surface area contributed by atoms with E-state index in [2.05, 4.69) is 15.3 Å². The molecule has 0 atom stereocenters. The molecule has 0 unspecified atom stereocenters. The molecule has 0 radical (unpaired) electrons. The third kappa shape index (κ3) is 3.92. The van der Waals surface area contributed by atoms with E-state index >= 15 is 0 Å². The van der Waals surface area contributed by atoms with Gasteiger partial charge in [0, 0.05) is 0 Å². The first-order valence-electron chi connectivity index (χ1n) is 7.42. The van der Waals surface area contributed by atoms with Crippen LogP contribution in [-0.4, -0.2) is 28.4 Å². The molecule has 6 heteroatoms. The number of para-hydroxylation sites is 2. The number of aromatic nitrogens is 2. The van der Waals surface area contributed by atoms with Crippen molar-refractivity contribution < 1.29 is 14.3 Å². The largest absolute Gasteiger partial charge is 0.460 e. The Bertz CT molecular complexity index is 866. The number of benzene rings is 2. The Balaban J connectivity index is 1.53. The highest BCUT2D eigenvalue weighted by Crippen LogP contribution is 2.08. The molecule has 2 aromatic carbocycles. The monoisotopic (exact) mass is 321 g/mol. The molecule has 1 heterocycles. The molecule has 6 nitrogen and oxygen atoms in total. The summed E-state index contributed by atoms with van der Waals surface area (Å²) in [4.78, 5) is 32.1. The minimum Gasteiger partial charge on any atom is -0.460 e. The highest BCUT2D eigenvalue weighted by molar-refractivity contribution is 5.95. The Labute approximate surface area is 138 Å². The number of hydrogen-bond donors (Lipinski definition) is 1. The molecule has 0 fully saturated rings. The van der Waals surface area contributed by atoms with Gasteiger partial charge in [0.1, 0.15) is 18.8 Å². The lowest BCUT2D eigenvalue weighted by atomic mass is 10.2. The summed E-state index contributed by atoms with van der Waals surface area (Å²) in [6.45, 7) is -0.0501. The topological polar surface area (TPSA) is 81.2 Å². The van der Waals surface area contributed by atoms with Crippen molar-refractivity contribution in [2.24, 2.45) is 0 Å². The van der Waals surface area contributed by atoms with E-state index in [0.29, 0.717) is 11.0 Å². The fourth-order valence-electron chi connectivity index (χ4n) is 2.10. The average molecular weight is 321 g/mol. The van der Waals surface area contributed by atoms with E-state index < -0.39 is 11.9 Å². The van der Waals surface area contributed by atoms with E-state index in [0.717, 1.165) is 5.56 Å². The molecule has 0 bridgehead atoms. The quantitative estimate of drug-likeness (QED) is 0.728. The third-order valence-corrected chi connectivity index (χ3v) is 3.32. The molecule has 24 heavy (non-hydrogen) atoms. The van der Waals surface area contributed by atoms with Gasteiger partial charge in [0.25, 0.3) is 5.91 Å². The SMILES string of the molecule is O=C(CNC(=O)c1cnc2ccccc2n1)OCc1ccccc1. The number of carbonyl (C=O) groups is 2. The standard InChI is InChI=1S/C18H15N3O3/c22-17(24-12-13-6-2-1-3-7-13)11-20-18(23)16-10-19-14-8-4-5-9-15(14)21-16/h1-10H,11-12H2,(H,20,23). The van der Waals surface area contributed by atoms with Crippen LogP contribution in [0, 0.1) is 0 Å². The zero-order chi connectivity index (χ0) is 16.8. The maximum Gasteiger partial charge on any atom is 0.325 e. The van der Waals surface area contributed by atoms with E-state index in [-0.39, 0.29) is 18.8 Å². The van der Waals surface area contributed by atoms with E-state index in [4.69, 9.17) is 4.74 Å². The summed E-state index contributed by atoms with van der Waals surface area (Å²) in [5, 5.41) is 2.48. The normalized spacial score (nSPS) is 10.3. The van der Waals surface area contributed by atoms with E-state index in [9.17, 15) is 9.59 Å². The maximum atomic E-state index is 12.0. The number of nitrogens with zero attached hydrogens (tertiary/aromatic N) is 2. The molecule has 0 aliphatic carbocycles. The van der Waals surface area contributed by atoms with Gasteiger partial charge >= 0.3 is 5.97 Å². The summed E-state index contributed by atoms with van der Waals surface area (Å²) in [6, 6.07) is 16.6. The molecule has 3 rings (SSSR count). The van der Waals surface area contributed by atoms with E-state index in [1.165, 1.54) is 6.20 Å². The summed E-state index contributed by atoms with van der Waals surface area (Å²) in [5.41, 5.74) is 2.37. The van der Waals surface area contributed by atoms with Crippen LogP contribution in [0.15, 0.2) is 60.8 Å². The van der Waals surface area contributed by atoms with Gasteiger partial charge in [-0.15, -0.1) is 0 Å². The van der Waals surface area contributed by atoms with Crippen LogP contribution in [0.2, 0.25) is 0 Å². The number of esters is 1. The van der Waals surface area contributed by atoms with Crippen LogP contribution in [0.25, 0.3) is 11.0 Å². The number of amides is 1. The molecule has 1 aromatic heterocycles. The molecular weight excluding hydrogens is 306 g/mol. The summed E-state index contributed by atoms with van der Waals surface area (Å²) in [6.07, 6.45) is 1.38. The Morgan fingerprint density at radius 1 is 0.958 bits per heavy atom. The average Bonchev–Trinajstić information content (AvgIpc) is 2.65. The zero-order valence-electron chi connectivity index (χ0n) is 12.8. The van der Waals surface area contributed by atoms with Gasteiger partial charge in [-0.2, -0.15) is 0 Å². The first kappa shape index (κ1) is 15.6. The molecule has 1 amide bonds. The maximum absolute atomic E-state index is 12.0. The summed E-state index contributed by atoms with van der Waals surface area (Å²) in [5.74, 6) is -0.981. The Morgan fingerprint density at radius 2 is 1.67 bits per heavy atom. The first-order valence-corrected chi connectivity index (χ1v) is 7.42. The van der Waals surface area contributed by atoms with Gasteiger partial charge in [-0.3, -0.25) is 14.6 Å². The van der Waals surface area contributed by atoms with Crippen LogP contribution in [-0.2, 0) is 16.1 Å². The number of nitrogens with one attached hydrogen (secondary N) is 1. The number of hydrogen-bond acceptors (Lipinski definition) is 5. The van der Waals surface area contributed by atoms with Crippen molar-refractivity contribution in [3.05, 3.63) is 72.1 Å². The molecule has 0 aliphatic heterocycles. The number of carbonyl (C=O) groups excluding carboxylic acids is 2. The van der Waals surface area contributed by atoms with Crippen molar-refractivity contribution in [3.8, 4) is 0 Å². The lowest BCUT2D eigenvalue weighted by molar-refractivity contribution is -0.143. The number of rotatable bonds is 5. The van der Waals surface area contributed by atoms with Gasteiger partial charge in [-0.1, -0.05) is 42.5 Å². The second-order valence-corrected chi connectivity index (χ2v) is 5.07. The minimum atomic E-state index is -0.513. The predicted octanol–water partition coefficient (Wildman–Crippen LogP) is 2.10. The van der Waals surface area contributed by atoms with Gasteiger partial charge in [0.15, 0.2) is 0 Å². The van der Waals surface area contributed by atoms with Crippen molar-refractivity contribution in [1.29, 1.82) is 0 Å². The van der Waals surface area contributed by atoms with Crippen LogP contribution in [0.4, 0.5) is 0 Å². The smallest absolute Gasteiger partial charge is 0.325 e. The minimum absolute atomic E-state index is 0.157. The van der Waals surface area contributed by atoms with Crippen LogP contribution in [0.1, 0.15) is 16.1 Å². The van der Waals surface area contributed by atoms with Gasteiger partial charge in [0.2, 0.25) is 0 Å². The lowest BCUT2D eigenvalue weighted by Gasteiger charge is -2.06. The highest BCUT2D eigenvalue weighted by Gasteiger charge is 2.11. The Morgan fingerprint density at radius 3 is 2.46 bits per heavy atom. The van der Waals surface area contributed by atoms with Crippen molar-refractivity contribution >= 4 is 22.9 Å². The fraction of sp³-hybridized carbons (Fsp3) is 0.111. The fourth-order valence-corrected chi connectivity index (χ4v) is 2.10. The van der Waals surface area contributed by atoms with Gasteiger partial charge in [-0.25, -0.2) is 4.98 Å². The zero-order valence-corrected chi connectivity index (χ0v) is 12.8. The molecule has 0 saturated heterocycles. The third-order valence-electron chi connectivity index (χ3n) is 3.32. The van der Waals surface area contributed by atoms with Crippen LogP contribution >= 0.6 is 0 Å². The van der Waals surface area contributed by atoms with Gasteiger partial charge in [0.05, 0.1) is 17.2 Å². The van der Waals surface area contributed by atoms with Crippen molar-refractivity contribution in [3.63, 3.8) is 0 Å². The predicted molar refractivity (Wildman–Crippen MR) is 88.1 cm³/mol. The van der Waals surface area contributed by atoms with Crippen molar-refractivity contribution in [1.82, 2.24) is 15.3 Å². The molecule has 1 N–H and O–H groups in total. The lowest BCUT2D eigenvalue weighted by Crippen LogP contribution is -2.31. The van der Waals surface area contributed by atoms with Crippen LogP contribution in [0.5, 0.6) is 0 Å². The molecule has 0 spiro atoms. The molecule has 0 aliphatic rings. The van der Waals surface area contributed by atoms with E-state index in [1.54, 1.807) is 6.07 Å². The molecule has 0 saturated carbocycles. The van der Waals surface area contributed by atoms with Crippen LogP contribution < -0.4 is 5.32 Å². The first-order chi connectivity index (χ1) is 11.7. The number of ether oxygens (including phenoxy) is 1. The van der Waals surface area contributed by atoms with Gasteiger partial charge in [-0.05, 0) is 17.7 Å². The summed E-state index contributed by atoms with van der Waals surface area (Å²) in [7, 11) is 0. The number of fused-ring (bicyclic) bond motifs is 1. The van der Waals surface area contributed by atoms with Gasteiger partial charge < -0.3 is 10.1 Å². The summed E-state index contributed by atoms with van der Waals surface area (Å²) < 4.78 is 5.09. The molecule has 3 aromatic rings. The molecule has 120 valence electrons. The highest BCUT2D eigenvalue weighted by atomic mass is 16.5. The Kier molecular flexibility index (Phi) is 4.76. The second kappa shape index (κ2) is 7.32. The Hall–Kier alpha value is -3.28. The summed E-state index contributed by atoms with van der Waals surface area (Å²) >= 11 is 0. The van der Waals surface area contributed by atoms with Crippen molar-refractivity contribution in [2.75, 3.05) is 6.54 Å². The molecular formula is C18H15N3O3. The van der Waals surface area contributed by atoms with Crippen molar-refractivity contribution in [2.45, 2.75) is 6.61 Å².